The van der Waals surface area contributed by atoms with E-state index in [1.807, 2.05) is 13.0 Å². The minimum absolute atomic E-state index is 0.195. The third kappa shape index (κ3) is 3.80. The first-order valence-electron chi connectivity index (χ1n) is 9.71. The summed E-state index contributed by atoms with van der Waals surface area (Å²) >= 11 is 0. The summed E-state index contributed by atoms with van der Waals surface area (Å²) < 4.78 is 11.3. The van der Waals surface area contributed by atoms with Crippen LogP contribution in [0.3, 0.4) is 0 Å². The molecule has 0 aliphatic carbocycles. The first-order valence-corrected chi connectivity index (χ1v) is 9.71. The van der Waals surface area contributed by atoms with Gasteiger partial charge in [-0.1, -0.05) is 12.1 Å². The summed E-state index contributed by atoms with van der Waals surface area (Å²) in [6.45, 7) is 5.57. The number of carbonyl (C=O) groups is 2. The fraction of sp³-hybridized carbons (Fsp3) is 0.429. The number of carbonyl (C=O) groups excluding carboxylic acids is 2. The van der Waals surface area contributed by atoms with Crippen molar-refractivity contribution in [2.24, 2.45) is 5.92 Å². The van der Waals surface area contributed by atoms with Gasteiger partial charge in [0.1, 0.15) is 23.7 Å². The Morgan fingerprint density at radius 2 is 2.10 bits per heavy atom. The SMILES string of the molecule is CCOC(=O)[C@@H]1CN(Cc2cnc(C)nc2)C[C@]12COc1ccccc1C(=O)N2. The number of nitrogens with one attached hydrogen (secondary N) is 1. The number of aromatic nitrogens is 2. The molecule has 2 aliphatic heterocycles. The maximum absolute atomic E-state index is 12.9. The molecule has 4 rings (SSSR count). The minimum Gasteiger partial charge on any atom is -0.490 e. The first-order chi connectivity index (χ1) is 14.0. The van der Waals surface area contributed by atoms with E-state index in [1.165, 1.54) is 0 Å². The highest BCUT2D eigenvalue weighted by Crippen LogP contribution is 2.34. The topological polar surface area (TPSA) is 93.7 Å². The van der Waals surface area contributed by atoms with Crippen molar-refractivity contribution in [1.82, 2.24) is 20.2 Å². The van der Waals surface area contributed by atoms with E-state index in [1.54, 1.807) is 37.5 Å². The van der Waals surface area contributed by atoms with Crippen LogP contribution in [0.2, 0.25) is 0 Å². The summed E-state index contributed by atoms with van der Waals surface area (Å²) in [5.74, 6) is 0.123. The molecule has 2 atom stereocenters. The molecule has 1 saturated heterocycles. The molecule has 0 unspecified atom stereocenters. The molecule has 0 saturated carbocycles. The zero-order valence-corrected chi connectivity index (χ0v) is 16.6. The van der Waals surface area contributed by atoms with Gasteiger partial charge in [-0.05, 0) is 26.0 Å². The van der Waals surface area contributed by atoms with Crippen molar-refractivity contribution in [3.8, 4) is 5.75 Å². The molecule has 0 bridgehead atoms. The van der Waals surface area contributed by atoms with Gasteiger partial charge in [-0.15, -0.1) is 0 Å². The van der Waals surface area contributed by atoms with Crippen molar-refractivity contribution >= 4 is 11.9 Å². The Labute approximate surface area is 169 Å². The van der Waals surface area contributed by atoms with E-state index in [2.05, 4.69) is 20.2 Å². The average molecular weight is 396 g/mol. The number of amides is 1. The molecule has 1 aromatic carbocycles. The quantitative estimate of drug-likeness (QED) is 0.780. The highest BCUT2D eigenvalue weighted by molar-refractivity contribution is 5.98. The molecule has 1 N–H and O–H groups in total. The molecule has 29 heavy (non-hydrogen) atoms. The van der Waals surface area contributed by atoms with E-state index in [9.17, 15) is 9.59 Å². The van der Waals surface area contributed by atoms with Crippen LogP contribution in [0, 0.1) is 12.8 Å². The van der Waals surface area contributed by atoms with Gasteiger partial charge in [0, 0.05) is 37.6 Å². The number of likely N-dealkylation sites (tertiary alicyclic amines) is 1. The van der Waals surface area contributed by atoms with Crippen molar-refractivity contribution < 1.29 is 19.1 Å². The van der Waals surface area contributed by atoms with E-state index >= 15 is 0 Å². The average Bonchev–Trinajstić information content (AvgIpc) is 2.99. The van der Waals surface area contributed by atoms with Crippen LogP contribution < -0.4 is 10.1 Å². The number of aryl methyl sites for hydroxylation is 1. The van der Waals surface area contributed by atoms with Crippen LogP contribution in [0.25, 0.3) is 0 Å². The van der Waals surface area contributed by atoms with Crippen molar-refractivity contribution in [1.29, 1.82) is 0 Å². The predicted molar refractivity (Wildman–Crippen MR) is 104 cm³/mol. The zero-order chi connectivity index (χ0) is 20.4. The molecular weight excluding hydrogens is 372 g/mol. The lowest BCUT2D eigenvalue weighted by Gasteiger charge is -2.32. The van der Waals surface area contributed by atoms with Crippen LogP contribution in [-0.4, -0.2) is 58.6 Å². The Morgan fingerprint density at radius 3 is 2.86 bits per heavy atom. The molecule has 0 radical (unpaired) electrons. The van der Waals surface area contributed by atoms with Crippen molar-refractivity contribution in [3.05, 3.63) is 53.6 Å². The Kier molecular flexibility index (Phi) is 5.19. The lowest BCUT2D eigenvalue weighted by atomic mass is 9.87. The highest BCUT2D eigenvalue weighted by Gasteiger charge is 2.53. The summed E-state index contributed by atoms with van der Waals surface area (Å²) in [4.78, 5) is 36.3. The third-order valence-corrected chi connectivity index (χ3v) is 5.40. The Morgan fingerprint density at radius 1 is 1.34 bits per heavy atom. The van der Waals surface area contributed by atoms with Crippen molar-refractivity contribution in [2.75, 3.05) is 26.3 Å². The number of hydrogen-bond donors (Lipinski definition) is 1. The van der Waals surface area contributed by atoms with Gasteiger partial charge >= 0.3 is 5.97 Å². The van der Waals surface area contributed by atoms with Gasteiger partial charge in [0.05, 0.1) is 18.1 Å². The van der Waals surface area contributed by atoms with Gasteiger partial charge < -0.3 is 14.8 Å². The smallest absolute Gasteiger partial charge is 0.312 e. The van der Waals surface area contributed by atoms with E-state index < -0.39 is 11.5 Å². The minimum atomic E-state index is -0.867. The summed E-state index contributed by atoms with van der Waals surface area (Å²) in [7, 11) is 0. The lowest BCUT2D eigenvalue weighted by molar-refractivity contribution is -0.150. The van der Waals surface area contributed by atoms with Gasteiger partial charge in [-0.25, -0.2) is 9.97 Å². The number of ether oxygens (including phenoxy) is 2. The maximum atomic E-state index is 12.9. The summed E-state index contributed by atoms with van der Waals surface area (Å²) in [6, 6.07) is 7.11. The van der Waals surface area contributed by atoms with Crippen LogP contribution in [0.4, 0.5) is 0 Å². The molecule has 8 nitrogen and oxygen atoms in total. The Balaban J connectivity index is 1.61. The standard InChI is InChI=1S/C21H24N4O4/c1-3-28-20(27)17-11-25(10-15-8-22-14(2)23-9-15)12-21(17)13-29-18-7-5-4-6-16(18)19(26)24-21/h4-9,17H,3,10-13H2,1-2H3,(H,24,26)/t17-,21-/m0/s1. The second-order valence-corrected chi connectivity index (χ2v) is 7.51. The molecule has 1 aromatic heterocycles. The fourth-order valence-electron chi connectivity index (χ4n) is 4.02. The van der Waals surface area contributed by atoms with Crippen molar-refractivity contribution in [2.45, 2.75) is 25.9 Å². The second kappa shape index (κ2) is 7.79. The van der Waals surface area contributed by atoms with Gasteiger partial charge in [-0.3, -0.25) is 14.5 Å². The van der Waals surface area contributed by atoms with E-state index in [4.69, 9.17) is 9.47 Å². The summed E-state index contributed by atoms with van der Waals surface area (Å²) in [5, 5.41) is 3.09. The summed E-state index contributed by atoms with van der Waals surface area (Å²) in [5.41, 5.74) is 0.547. The van der Waals surface area contributed by atoms with Crippen LogP contribution in [0.5, 0.6) is 5.75 Å². The molecule has 3 heterocycles. The Hall–Kier alpha value is -3.00. The molecule has 2 aliphatic rings. The molecule has 8 heteroatoms. The number of fused-ring (bicyclic) bond motifs is 1. The number of para-hydroxylation sites is 1. The van der Waals surface area contributed by atoms with Gasteiger partial charge in [0.15, 0.2) is 0 Å². The fourth-order valence-corrected chi connectivity index (χ4v) is 4.02. The van der Waals surface area contributed by atoms with Crippen molar-refractivity contribution in [3.63, 3.8) is 0 Å². The van der Waals surface area contributed by atoms with Crippen LogP contribution >= 0.6 is 0 Å². The lowest BCUT2D eigenvalue weighted by Crippen LogP contribution is -2.59. The van der Waals surface area contributed by atoms with Gasteiger partial charge in [0.25, 0.3) is 5.91 Å². The largest absolute Gasteiger partial charge is 0.490 e. The van der Waals surface area contributed by atoms with Gasteiger partial charge in [-0.2, -0.15) is 0 Å². The molecule has 1 fully saturated rings. The van der Waals surface area contributed by atoms with Crippen LogP contribution in [-0.2, 0) is 16.1 Å². The monoisotopic (exact) mass is 396 g/mol. The molecular formula is C21H24N4O4. The predicted octanol–water partition coefficient (Wildman–Crippen LogP) is 1.34. The first kappa shape index (κ1) is 19.3. The van der Waals surface area contributed by atoms with Gasteiger partial charge in [0.2, 0.25) is 0 Å². The third-order valence-electron chi connectivity index (χ3n) is 5.40. The van der Waals surface area contributed by atoms with E-state index in [0.29, 0.717) is 36.8 Å². The summed E-state index contributed by atoms with van der Waals surface area (Å²) in [6.07, 6.45) is 3.56. The van der Waals surface area contributed by atoms with Crippen LogP contribution in [0.1, 0.15) is 28.7 Å². The zero-order valence-electron chi connectivity index (χ0n) is 16.6. The maximum Gasteiger partial charge on any atom is 0.312 e. The van der Waals surface area contributed by atoms with E-state index in [-0.39, 0.29) is 25.1 Å². The van der Waals surface area contributed by atoms with Crippen LogP contribution in [0.15, 0.2) is 36.7 Å². The number of rotatable bonds is 4. The number of esters is 1. The number of hydrogen-bond acceptors (Lipinski definition) is 7. The molecule has 152 valence electrons. The normalized spacial score (nSPS) is 23.8. The highest BCUT2D eigenvalue weighted by atomic mass is 16.5. The molecule has 1 spiro atoms. The second-order valence-electron chi connectivity index (χ2n) is 7.51. The molecule has 2 aromatic rings. The number of nitrogens with zero attached hydrogens (tertiary/aromatic N) is 3. The molecule has 1 amide bonds. The van der Waals surface area contributed by atoms with E-state index in [0.717, 1.165) is 5.56 Å². The number of benzene rings is 1. The Bertz CT molecular complexity index is 917.